The molecule has 1 fully saturated rings. The zero-order valence-electron chi connectivity index (χ0n) is 10.6. The van der Waals surface area contributed by atoms with E-state index in [1.165, 1.54) is 13.2 Å². The fourth-order valence-corrected chi connectivity index (χ4v) is 3.95. The summed E-state index contributed by atoms with van der Waals surface area (Å²) in [5.41, 5.74) is 6.41. The fourth-order valence-electron chi connectivity index (χ4n) is 2.19. The highest BCUT2D eigenvalue weighted by Gasteiger charge is 2.30. The number of nitrogens with one attached hydrogen (secondary N) is 1. The molecule has 19 heavy (non-hydrogen) atoms. The van der Waals surface area contributed by atoms with Crippen LogP contribution in [0.25, 0.3) is 0 Å². The summed E-state index contributed by atoms with van der Waals surface area (Å²) in [6.45, 7) is 0.279. The van der Waals surface area contributed by atoms with E-state index >= 15 is 0 Å². The first kappa shape index (κ1) is 13.9. The fraction of sp³-hybridized carbons (Fsp3) is 0.500. The minimum absolute atomic E-state index is 0.0750. The Kier molecular flexibility index (Phi) is 3.84. The topological polar surface area (TPSA) is 81.4 Å². The van der Waals surface area contributed by atoms with Crippen molar-refractivity contribution < 1.29 is 17.5 Å². The summed E-state index contributed by atoms with van der Waals surface area (Å²) in [5.74, 6) is -0.230. The van der Waals surface area contributed by atoms with Gasteiger partial charge in [-0.2, -0.15) is 0 Å². The maximum atomic E-state index is 13.4. The summed E-state index contributed by atoms with van der Waals surface area (Å²) in [4.78, 5) is 0. The number of rotatable bonds is 4. The van der Waals surface area contributed by atoms with Gasteiger partial charge >= 0.3 is 0 Å². The minimum atomic E-state index is -3.00. The van der Waals surface area contributed by atoms with Gasteiger partial charge in [0.05, 0.1) is 29.5 Å². The van der Waals surface area contributed by atoms with Crippen molar-refractivity contribution in [2.45, 2.75) is 18.1 Å². The third-order valence-electron chi connectivity index (χ3n) is 3.31. The monoisotopic (exact) mass is 288 g/mol. The molecule has 5 nitrogen and oxygen atoms in total. The Balaban J connectivity index is 2.11. The molecule has 0 radical (unpaired) electrons. The zero-order chi connectivity index (χ0) is 14.0. The van der Waals surface area contributed by atoms with Crippen molar-refractivity contribution in [2.75, 3.05) is 30.5 Å². The summed E-state index contributed by atoms with van der Waals surface area (Å²) < 4.78 is 41.6. The molecule has 0 aromatic heterocycles. The first-order valence-electron chi connectivity index (χ1n) is 6.02. The van der Waals surface area contributed by atoms with E-state index in [9.17, 15) is 12.8 Å². The number of benzene rings is 1. The standard InChI is InChI=1S/C12H17FN2O3S/c1-18-12-6-11(10(14)5-9(12)13)15-7-8-3-2-4-19(8,16)17/h5-6,8,15H,2-4,7,14H2,1H3. The van der Waals surface area contributed by atoms with Gasteiger partial charge in [-0.15, -0.1) is 0 Å². The molecule has 2 rings (SSSR count). The van der Waals surface area contributed by atoms with Crippen LogP contribution in [0.3, 0.4) is 0 Å². The highest BCUT2D eigenvalue weighted by molar-refractivity contribution is 7.92. The van der Waals surface area contributed by atoms with Gasteiger partial charge in [0, 0.05) is 18.7 Å². The van der Waals surface area contributed by atoms with Crippen molar-refractivity contribution >= 4 is 21.2 Å². The summed E-state index contributed by atoms with van der Waals surface area (Å²) in [5, 5.41) is 2.56. The van der Waals surface area contributed by atoms with Crippen LogP contribution in [0.1, 0.15) is 12.8 Å². The lowest BCUT2D eigenvalue weighted by atomic mass is 10.2. The first-order valence-corrected chi connectivity index (χ1v) is 7.74. The second-order valence-electron chi connectivity index (χ2n) is 4.59. The molecule has 1 aliphatic rings. The molecule has 106 valence electrons. The van der Waals surface area contributed by atoms with Gasteiger partial charge in [-0.25, -0.2) is 12.8 Å². The maximum Gasteiger partial charge on any atom is 0.167 e. The predicted molar refractivity (Wildman–Crippen MR) is 72.7 cm³/mol. The quantitative estimate of drug-likeness (QED) is 0.819. The van der Waals surface area contributed by atoms with E-state index < -0.39 is 20.9 Å². The van der Waals surface area contributed by atoms with Crippen LogP contribution in [0.2, 0.25) is 0 Å². The maximum absolute atomic E-state index is 13.4. The molecule has 0 amide bonds. The van der Waals surface area contributed by atoms with Gasteiger partial charge in [-0.1, -0.05) is 0 Å². The third-order valence-corrected chi connectivity index (χ3v) is 5.58. The van der Waals surface area contributed by atoms with E-state index in [4.69, 9.17) is 10.5 Å². The van der Waals surface area contributed by atoms with E-state index in [2.05, 4.69) is 5.32 Å². The van der Waals surface area contributed by atoms with Crippen LogP contribution in [0.4, 0.5) is 15.8 Å². The molecule has 1 heterocycles. The van der Waals surface area contributed by atoms with Crippen LogP contribution in [0, 0.1) is 5.82 Å². The molecular weight excluding hydrogens is 271 g/mol. The Hall–Kier alpha value is -1.50. The summed E-state index contributed by atoms with van der Waals surface area (Å²) >= 11 is 0. The van der Waals surface area contributed by atoms with Crippen molar-refractivity contribution in [1.82, 2.24) is 0 Å². The average molecular weight is 288 g/mol. The minimum Gasteiger partial charge on any atom is -0.494 e. The third kappa shape index (κ3) is 2.91. The SMILES string of the molecule is COc1cc(NCC2CCCS2(=O)=O)c(N)cc1F. The Morgan fingerprint density at radius 2 is 2.26 bits per heavy atom. The van der Waals surface area contributed by atoms with Gasteiger partial charge in [0.1, 0.15) is 0 Å². The van der Waals surface area contributed by atoms with Crippen molar-refractivity contribution in [3.8, 4) is 5.75 Å². The second-order valence-corrected chi connectivity index (χ2v) is 6.99. The number of nitrogens with two attached hydrogens (primary N) is 1. The van der Waals surface area contributed by atoms with Crippen molar-refractivity contribution in [2.24, 2.45) is 0 Å². The first-order chi connectivity index (χ1) is 8.94. The van der Waals surface area contributed by atoms with E-state index in [0.29, 0.717) is 18.5 Å². The number of nitrogen functional groups attached to an aromatic ring is 1. The summed E-state index contributed by atoms with van der Waals surface area (Å²) in [6.07, 6.45) is 1.34. The number of hydrogen-bond acceptors (Lipinski definition) is 5. The molecule has 1 aliphatic heterocycles. The molecule has 7 heteroatoms. The number of halogens is 1. The smallest absolute Gasteiger partial charge is 0.167 e. The number of methoxy groups -OCH3 is 1. The van der Waals surface area contributed by atoms with Gasteiger partial charge < -0.3 is 15.8 Å². The molecule has 1 saturated heterocycles. The molecular formula is C12H17FN2O3S. The lowest BCUT2D eigenvalue weighted by Gasteiger charge is -2.14. The zero-order valence-corrected chi connectivity index (χ0v) is 11.5. The van der Waals surface area contributed by atoms with Gasteiger partial charge in [-0.3, -0.25) is 0 Å². The highest BCUT2D eigenvalue weighted by atomic mass is 32.2. The van der Waals surface area contributed by atoms with E-state index in [1.807, 2.05) is 0 Å². The number of anilines is 2. The van der Waals surface area contributed by atoms with Crippen molar-refractivity contribution in [3.05, 3.63) is 17.9 Å². The predicted octanol–water partition coefficient (Wildman–Crippen LogP) is 1.41. The molecule has 0 spiro atoms. The number of hydrogen-bond donors (Lipinski definition) is 2. The van der Waals surface area contributed by atoms with Crippen LogP contribution < -0.4 is 15.8 Å². The molecule has 1 aromatic carbocycles. The van der Waals surface area contributed by atoms with Gasteiger partial charge in [-0.05, 0) is 12.8 Å². The van der Waals surface area contributed by atoms with Crippen LogP contribution >= 0.6 is 0 Å². The van der Waals surface area contributed by atoms with Gasteiger partial charge in [0.15, 0.2) is 21.4 Å². The lowest BCUT2D eigenvalue weighted by Crippen LogP contribution is -2.25. The molecule has 1 aromatic rings. The average Bonchev–Trinajstić information content (AvgIpc) is 2.67. The van der Waals surface area contributed by atoms with Crippen LogP contribution in [0.15, 0.2) is 12.1 Å². The van der Waals surface area contributed by atoms with E-state index in [0.717, 1.165) is 6.07 Å². The van der Waals surface area contributed by atoms with Crippen molar-refractivity contribution in [1.29, 1.82) is 0 Å². The van der Waals surface area contributed by atoms with Crippen LogP contribution in [-0.4, -0.2) is 33.1 Å². The van der Waals surface area contributed by atoms with E-state index in [1.54, 1.807) is 0 Å². The molecule has 0 bridgehead atoms. The largest absolute Gasteiger partial charge is 0.494 e. The molecule has 0 saturated carbocycles. The second kappa shape index (κ2) is 5.24. The number of sulfone groups is 1. The molecule has 3 N–H and O–H groups in total. The van der Waals surface area contributed by atoms with E-state index in [-0.39, 0.29) is 23.7 Å². The summed E-state index contributed by atoms with van der Waals surface area (Å²) in [6, 6.07) is 2.59. The lowest BCUT2D eigenvalue weighted by molar-refractivity contribution is 0.387. The van der Waals surface area contributed by atoms with Crippen LogP contribution in [-0.2, 0) is 9.84 Å². The normalized spacial score (nSPS) is 21.3. The highest BCUT2D eigenvalue weighted by Crippen LogP contribution is 2.29. The van der Waals surface area contributed by atoms with Gasteiger partial charge in [0.25, 0.3) is 0 Å². The molecule has 0 aliphatic carbocycles. The molecule has 1 unspecified atom stereocenters. The van der Waals surface area contributed by atoms with Crippen LogP contribution in [0.5, 0.6) is 5.75 Å². The van der Waals surface area contributed by atoms with Crippen molar-refractivity contribution in [3.63, 3.8) is 0 Å². The Morgan fingerprint density at radius 1 is 1.53 bits per heavy atom. The Labute approximate surface area is 111 Å². The molecule has 1 atom stereocenters. The summed E-state index contributed by atoms with van der Waals surface area (Å²) in [7, 11) is -1.64. The number of ether oxygens (including phenoxy) is 1. The van der Waals surface area contributed by atoms with Gasteiger partial charge in [0.2, 0.25) is 0 Å². The Bertz CT molecular complexity index is 575. The Morgan fingerprint density at radius 3 is 2.84 bits per heavy atom.